The van der Waals surface area contributed by atoms with Crippen LogP contribution >= 0.6 is 0 Å². The van der Waals surface area contributed by atoms with Gasteiger partial charge in [-0.3, -0.25) is 9.48 Å². The number of carbonyl (C=O) groups is 1. The van der Waals surface area contributed by atoms with E-state index in [1.165, 1.54) is 5.56 Å². The number of aryl methyl sites for hydroxylation is 4. The number of fused-ring (bicyclic) bond motifs is 1. The van der Waals surface area contributed by atoms with Crippen molar-refractivity contribution in [1.29, 1.82) is 0 Å². The summed E-state index contributed by atoms with van der Waals surface area (Å²) < 4.78 is 6.91. The van der Waals surface area contributed by atoms with Crippen LogP contribution in [0.2, 0.25) is 0 Å². The highest BCUT2D eigenvalue weighted by Gasteiger charge is 2.19. The molecule has 1 aromatic carbocycles. The number of nitrogens with zero attached hydrogens (tertiary/aromatic N) is 3. The number of pyridine rings is 1. The number of nitrogens with one attached hydrogen (secondary N) is 1. The van der Waals surface area contributed by atoms with E-state index in [1.54, 1.807) is 11.8 Å². The van der Waals surface area contributed by atoms with E-state index in [0.717, 1.165) is 41.0 Å². The Kier molecular flexibility index (Phi) is 5.44. The van der Waals surface area contributed by atoms with Crippen LogP contribution in [0.4, 0.5) is 0 Å². The maximum atomic E-state index is 12.9. The van der Waals surface area contributed by atoms with E-state index in [2.05, 4.69) is 27.5 Å². The van der Waals surface area contributed by atoms with Crippen molar-refractivity contribution in [2.45, 2.75) is 39.7 Å². The molecule has 0 saturated carbocycles. The minimum Gasteiger partial charge on any atom is -0.497 e. The second-order valence-corrected chi connectivity index (χ2v) is 6.98. The van der Waals surface area contributed by atoms with Crippen LogP contribution in [-0.4, -0.2) is 33.8 Å². The summed E-state index contributed by atoms with van der Waals surface area (Å²) in [5.74, 6) is 0.771. The largest absolute Gasteiger partial charge is 0.497 e. The third kappa shape index (κ3) is 4.10. The molecule has 6 heteroatoms. The quantitative estimate of drug-likeness (QED) is 0.726. The molecule has 0 aliphatic carbocycles. The van der Waals surface area contributed by atoms with Gasteiger partial charge in [0.05, 0.1) is 23.8 Å². The fourth-order valence-corrected chi connectivity index (χ4v) is 3.30. The van der Waals surface area contributed by atoms with E-state index in [9.17, 15) is 4.79 Å². The zero-order chi connectivity index (χ0) is 19.6. The van der Waals surface area contributed by atoms with Gasteiger partial charge in [0.15, 0.2) is 5.65 Å². The Morgan fingerprint density at radius 1 is 1.26 bits per heavy atom. The van der Waals surface area contributed by atoms with Crippen molar-refractivity contribution in [3.05, 3.63) is 52.8 Å². The Balaban J connectivity index is 1.70. The summed E-state index contributed by atoms with van der Waals surface area (Å²) in [7, 11) is 3.51. The predicted octanol–water partition coefficient (Wildman–Crippen LogP) is 3.34. The van der Waals surface area contributed by atoms with Crippen LogP contribution in [0.25, 0.3) is 11.0 Å². The number of methoxy groups -OCH3 is 1. The first kappa shape index (κ1) is 18.9. The third-order valence-corrected chi connectivity index (χ3v) is 4.74. The molecular weight excluding hydrogens is 340 g/mol. The number of hydrogen-bond acceptors (Lipinski definition) is 4. The van der Waals surface area contributed by atoms with Crippen molar-refractivity contribution in [3.63, 3.8) is 0 Å². The molecule has 3 rings (SSSR count). The molecule has 0 saturated heterocycles. The van der Waals surface area contributed by atoms with Crippen LogP contribution in [0, 0.1) is 13.8 Å². The van der Waals surface area contributed by atoms with Gasteiger partial charge in [0.2, 0.25) is 0 Å². The van der Waals surface area contributed by atoms with Gasteiger partial charge >= 0.3 is 0 Å². The maximum absolute atomic E-state index is 12.9. The lowest BCUT2D eigenvalue weighted by Gasteiger charge is -2.15. The van der Waals surface area contributed by atoms with Crippen molar-refractivity contribution in [3.8, 4) is 5.75 Å². The fraction of sp³-hybridized carbons (Fsp3) is 0.381. The van der Waals surface area contributed by atoms with Crippen molar-refractivity contribution in [1.82, 2.24) is 20.1 Å². The Morgan fingerprint density at radius 3 is 2.63 bits per heavy atom. The van der Waals surface area contributed by atoms with E-state index >= 15 is 0 Å². The summed E-state index contributed by atoms with van der Waals surface area (Å²) in [6.07, 6.45) is 1.75. The molecule has 142 valence electrons. The van der Waals surface area contributed by atoms with Gasteiger partial charge in [0.1, 0.15) is 5.75 Å². The van der Waals surface area contributed by atoms with Gasteiger partial charge < -0.3 is 10.1 Å². The maximum Gasteiger partial charge on any atom is 0.252 e. The van der Waals surface area contributed by atoms with Gasteiger partial charge in [-0.05, 0) is 57.4 Å². The van der Waals surface area contributed by atoms with E-state index in [4.69, 9.17) is 4.74 Å². The van der Waals surface area contributed by atoms with Gasteiger partial charge in [0.25, 0.3) is 5.91 Å². The van der Waals surface area contributed by atoms with Crippen molar-refractivity contribution in [2.24, 2.45) is 7.05 Å². The third-order valence-electron chi connectivity index (χ3n) is 4.74. The lowest BCUT2D eigenvalue weighted by atomic mass is 10.0. The summed E-state index contributed by atoms with van der Waals surface area (Å²) in [4.78, 5) is 17.4. The normalized spacial score (nSPS) is 12.2. The molecule has 27 heavy (non-hydrogen) atoms. The standard InChI is InChI=1S/C21H26N4O2/c1-13(6-7-16-8-10-17(27-5)11-9-16)23-21(26)18-12-14(2)22-20-19(18)15(3)24-25(20)4/h8-13H,6-7H2,1-5H3,(H,23,26). The van der Waals surface area contributed by atoms with E-state index in [1.807, 2.05) is 46.0 Å². The minimum atomic E-state index is -0.0798. The first-order chi connectivity index (χ1) is 12.9. The molecule has 0 bridgehead atoms. The monoisotopic (exact) mass is 366 g/mol. The number of benzene rings is 1. The number of aromatic nitrogens is 3. The van der Waals surface area contributed by atoms with E-state index in [-0.39, 0.29) is 11.9 Å². The molecule has 3 aromatic rings. The second kappa shape index (κ2) is 7.78. The second-order valence-electron chi connectivity index (χ2n) is 6.98. The van der Waals surface area contributed by atoms with Crippen molar-refractivity contribution in [2.75, 3.05) is 7.11 Å². The topological polar surface area (TPSA) is 69.0 Å². The molecular formula is C21H26N4O2. The molecule has 2 aromatic heterocycles. The number of rotatable bonds is 6. The van der Waals surface area contributed by atoms with Gasteiger partial charge in [-0.25, -0.2) is 4.98 Å². The van der Waals surface area contributed by atoms with Crippen molar-refractivity contribution >= 4 is 16.9 Å². The highest BCUT2D eigenvalue weighted by Crippen LogP contribution is 2.22. The van der Waals surface area contributed by atoms with E-state index in [0.29, 0.717) is 5.56 Å². The fourth-order valence-electron chi connectivity index (χ4n) is 3.30. The molecule has 1 unspecified atom stereocenters. The van der Waals surface area contributed by atoms with Gasteiger partial charge in [-0.1, -0.05) is 12.1 Å². The Morgan fingerprint density at radius 2 is 1.96 bits per heavy atom. The molecule has 0 radical (unpaired) electrons. The smallest absolute Gasteiger partial charge is 0.252 e. The molecule has 0 spiro atoms. The predicted molar refractivity (Wildman–Crippen MR) is 106 cm³/mol. The summed E-state index contributed by atoms with van der Waals surface area (Å²) in [5.41, 5.74) is 4.22. The Bertz CT molecular complexity index is 960. The molecule has 0 aliphatic heterocycles. The average Bonchev–Trinajstić information content (AvgIpc) is 2.93. The first-order valence-corrected chi connectivity index (χ1v) is 9.13. The van der Waals surface area contributed by atoms with Crippen LogP contribution < -0.4 is 10.1 Å². The Labute approximate surface area is 159 Å². The molecule has 0 aliphatic rings. The lowest BCUT2D eigenvalue weighted by molar-refractivity contribution is 0.0940. The van der Waals surface area contributed by atoms with Crippen LogP contribution in [0.3, 0.4) is 0 Å². The molecule has 2 heterocycles. The van der Waals surface area contributed by atoms with Crippen molar-refractivity contribution < 1.29 is 9.53 Å². The highest BCUT2D eigenvalue weighted by molar-refractivity contribution is 6.06. The number of hydrogen-bond donors (Lipinski definition) is 1. The molecule has 1 atom stereocenters. The molecule has 0 fully saturated rings. The van der Waals surface area contributed by atoms with Gasteiger partial charge in [0, 0.05) is 18.8 Å². The number of carbonyl (C=O) groups excluding carboxylic acids is 1. The summed E-state index contributed by atoms with van der Waals surface area (Å²) in [6, 6.07) is 9.92. The van der Waals surface area contributed by atoms with Gasteiger partial charge in [-0.15, -0.1) is 0 Å². The number of ether oxygens (including phenoxy) is 1. The van der Waals surface area contributed by atoms with Crippen LogP contribution in [0.1, 0.15) is 40.7 Å². The molecule has 1 amide bonds. The summed E-state index contributed by atoms with van der Waals surface area (Å²) in [5, 5.41) is 8.35. The summed E-state index contributed by atoms with van der Waals surface area (Å²) >= 11 is 0. The average molecular weight is 366 g/mol. The first-order valence-electron chi connectivity index (χ1n) is 9.13. The molecule has 1 N–H and O–H groups in total. The Hall–Kier alpha value is -2.89. The zero-order valence-corrected chi connectivity index (χ0v) is 16.5. The lowest BCUT2D eigenvalue weighted by Crippen LogP contribution is -2.33. The molecule has 6 nitrogen and oxygen atoms in total. The van der Waals surface area contributed by atoms with Crippen LogP contribution in [0.5, 0.6) is 5.75 Å². The zero-order valence-electron chi connectivity index (χ0n) is 16.5. The van der Waals surface area contributed by atoms with E-state index < -0.39 is 0 Å². The summed E-state index contributed by atoms with van der Waals surface area (Å²) in [6.45, 7) is 5.83. The van der Waals surface area contributed by atoms with Crippen LogP contribution in [0.15, 0.2) is 30.3 Å². The number of amides is 1. The van der Waals surface area contributed by atoms with Gasteiger partial charge in [-0.2, -0.15) is 5.10 Å². The SMILES string of the molecule is COc1ccc(CCC(C)NC(=O)c2cc(C)nc3c2c(C)nn3C)cc1. The van der Waals surface area contributed by atoms with Crippen LogP contribution in [-0.2, 0) is 13.5 Å². The minimum absolute atomic E-state index is 0.0556. The highest BCUT2D eigenvalue weighted by atomic mass is 16.5.